The van der Waals surface area contributed by atoms with E-state index in [-0.39, 0.29) is 0 Å². The van der Waals surface area contributed by atoms with Crippen LogP contribution in [0.15, 0.2) is 66.7 Å². The summed E-state index contributed by atoms with van der Waals surface area (Å²) in [6.45, 7) is 0. The fourth-order valence-electron chi connectivity index (χ4n) is 4.67. The number of rotatable bonds is 7. The standard InChI is InChI=1S/C28H26FN3O3/c1-35-28-21(13-11-20(30-28)12-15-24(33)34)26(19-10-14-23-22(16-19)27(29)32-31-23)25(18-8-5-9-18)17-6-3-2-4-7-17/h2-4,6-7,10-16,18,27,31-32H,5,8-9H2,1H3,(H,33,34)/b15-12+,26-25+. The lowest BCUT2D eigenvalue weighted by Crippen LogP contribution is -2.15. The van der Waals surface area contributed by atoms with E-state index in [4.69, 9.17) is 9.84 Å². The number of hydrogen-bond acceptors (Lipinski definition) is 5. The summed E-state index contributed by atoms with van der Waals surface area (Å²) in [4.78, 5) is 15.5. The average Bonchev–Trinajstić information content (AvgIpc) is 3.22. The van der Waals surface area contributed by atoms with Crippen molar-refractivity contribution < 1.29 is 19.0 Å². The number of pyridine rings is 1. The maximum absolute atomic E-state index is 14.6. The number of ether oxygens (including phenoxy) is 1. The molecule has 5 rings (SSSR count). The Labute approximate surface area is 203 Å². The SMILES string of the molecule is COc1nc(/C=C/C(=O)O)ccc1/C(=C(\c1ccccc1)C1CCC1)c1ccc2c(c1)C(F)NN2. The molecule has 1 atom stereocenters. The summed E-state index contributed by atoms with van der Waals surface area (Å²) < 4.78 is 20.3. The molecule has 2 aromatic carbocycles. The molecule has 35 heavy (non-hydrogen) atoms. The highest BCUT2D eigenvalue weighted by atomic mass is 19.1. The minimum atomic E-state index is -1.31. The number of halogens is 1. The molecule has 0 bridgehead atoms. The van der Waals surface area contributed by atoms with Crippen molar-refractivity contribution in [3.63, 3.8) is 0 Å². The molecule has 2 heterocycles. The van der Waals surface area contributed by atoms with Crippen LogP contribution >= 0.6 is 0 Å². The molecule has 1 fully saturated rings. The molecule has 0 radical (unpaired) electrons. The molecule has 1 unspecified atom stereocenters. The minimum absolute atomic E-state index is 0.356. The third-order valence-electron chi connectivity index (χ3n) is 6.56. The van der Waals surface area contributed by atoms with Crippen LogP contribution in [0, 0.1) is 5.92 Å². The number of hydrazine groups is 1. The lowest BCUT2D eigenvalue weighted by molar-refractivity contribution is -0.131. The van der Waals surface area contributed by atoms with Gasteiger partial charge >= 0.3 is 5.97 Å². The number of nitrogens with zero attached hydrogens (tertiary/aromatic N) is 1. The van der Waals surface area contributed by atoms with E-state index >= 15 is 0 Å². The van der Waals surface area contributed by atoms with Gasteiger partial charge in [-0.1, -0.05) is 42.8 Å². The topological polar surface area (TPSA) is 83.5 Å². The number of benzene rings is 2. The van der Waals surface area contributed by atoms with Gasteiger partial charge in [0.2, 0.25) is 5.88 Å². The van der Waals surface area contributed by atoms with Gasteiger partial charge in [0.15, 0.2) is 6.30 Å². The monoisotopic (exact) mass is 471 g/mol. The summed E-state index contributed by atoms with van der Waals surface area (Å²) in [7, 11) is 1.55. The molecule has 1 saturated carbocycles. The molecule has 3 aromatic rings. The highest BCUT2D eigenvalue weighted by Gasteiger charge is 2.30. The number of alkyl halides is 1. The summed E-state index contributed by atoms with van der Waals surface area (Å²) in [5, 5.41) is 8.99. The fourth-order valence-corrected chi connectivity index (χ4v) is 4.67. The summed E-state index contributed by atoms with van der Waals surface area (Å²) in [5.41, 5.74) is 12.1. The van der Waals surface area contributed by atoms with Crippen molar-refractivity contribution in [3.05, 3.63) is 94.7 Å². The zero-order valence-electron chi connectivity index (χ0n) is 19.3. The third kappa shape index (κ3) is 4.55. The Morgan fingerprint density at radius 2 is 1.91 bits per heavy atom. The van der Waals surface area contributed by atoms with Gasteiger partial charge in [0, 0.05) is 17.2 Å². The molecule has 1 aromatic heterocycles. The molecule has 1 aliphatic heterocycles. The molecular weight excluding hydrogens is 445 g/mol. The number of allylic oxidation sites excluding steroid dienone is 1. The van der Waals surface area contributed by atoms with Gasteiger partial charge in [0.05, 0.1) is 18.5 Å². The smallest absolute Gasteiger partial charge is 0.328 e. The van der Waals surface area contributed by atoms with E-state index in [1.807, 2.05) is 42.5 Å². The molecule has 3 N–H and O–H groups in total. The number of fused-ring (bicyclic) bond motifs is 1. The number of aliphatic carboxylic acids is 1. The Balaban J connectivity index is 1.76. The lowest BCUT2D eigenvalue weighted by atomic mass is 9.73. The number of aromatic nitrogens is 1. The van der Waals surface area contributed by atoms with Crippen LogP contribution in [-0.2, 0) is 4.79 Å². The Kier molecular flexibility index (Phi) is 6.33. The number of nitrogens with one attached hydrogen (secondary N) is 2. The van der Waals surface area contributed by atoms with Crippen LogP contribution in [0.2, 0.25) is 0 Å². The van der Waals surface area contributed by atoms with Gasteiger partial charge in [0.1, 0.15) is 0 Å². The van der Waals surface area contributed by atoms with Crippen molar-refractivity contribution in [2.24, 2.45) is 5.92 Å². The van der Waals surface area contributed by atoms with E-state index in [1.165, 1.54) is 11.6 Å². The Morgan fingerprint density at radius 1 is 1.11 bits per heavy atom. The number of anilines is 1. The van der Waals surface area contributed by atoms with Crippen LogP contribution in [0.1, 0.15) is 53.5 Å². The van der Waals surface area contributed by atoms with Crippen LogP contribution in [-0.4, -0.2) is 23.2 Å². The van der Waals surface area contributed by atoms with Crippen molar-refractivity contribution in [3.8, 4) is 5.88 Å². The van der Waals surface area contributed by atoms with Crippen molar-refractivity contribution >= 4 is 28.9 Å². The molecule has 178 valence electrons. The first-order valence-electron chi connectivity index (χ1n) is 11.6. The number of methoxy groups -OCH3 is 1. The Morgan fingerprint density at radius 3 is 2.60 bits per heavy atom. The zero-order valence-corrected chi connectivity index (χ0v) is 19.3. The summed E-state index contributed by atoms with van der Waals surface area (Å²) >= 11 is 0. The van der Waals surface area contributed by atoms with Gasteiger partial charge in [-0.25, -0.2) is 19.6 Å². The van der Waals surface area contributed by atoms with E-state index in [0.29, 0.717) is 28.7 Å². The first-order valence-corrected chi connectivity index (χ1v) is 11.6. The number of carbonyl (C=O) groups is 1. The normalized spacial score (nSPS) is 17.9. The van der Waals surface area contributed by atoms with Crippen LogP contribution in [0.4, 0.5) is 10.1 Å². The van der Waals surface area contributed by atoms with E-state index in [9.17, 15) is 9.18 Å². The van der Waals surface area contributed by atoms with Crippen LogP contribution < -0.4 is 15.6 Å². The second kappa shape index (κ2) is 9.72. The molecule has 0 amide bonds. The van der Waals surface area contributed by atoms with Gasteiger partial charge < -0.3 is 15.3 Å². The molecule has 0 saturated heterocycles. The van der Waals surface area contributed by atoms with E-state index < -0.39 is 12.3 Å². The highest BCUT2D eigenvalue weighted by molar-refractivity contribution is 6.01. The first kappa shape index (κ1) is 22.8. The Hall–Kier alpha value is -3.97. The number of carboxylic acids is 1. The second-order valence-corrected chi connectivity index (χ2v) is 8.68. The lowest BCUT2D eigenvalue weighted by Gasteiger charge is -2.32. The molecule has 6 nitrogen and oxygen atoms in total. The average molecular weight is 472 g/mol. The summed E-state index contributed by atoms with van der Waals surface area (Å²) in [5.74, 6) is -0.309. The quantitative estimate of drug-likeness (QED) is 0.228. The molecule has 1 aliphatic carbocycles. The predicted octanol–water partition coefficient (Wildman–Crippen LogP) is 5.85. The van der Waals surface area contributed by atoms with Crippen molar-refractivity contribution in [2.45, 2.75) is 25.6 Å². The van der Waals surface area contributed by atoms with Crippen LogP contribution in [0.5, 0.6) is 5.88 Å². The van der Waals surface area contributed by atoms with Gasteiger partial charge in [0.25, 0.3) is 0 Å². The molecular formula is C28H26FN3O3. The largest absolute Gasteiger partial charge is 0.481 e. The van der Waals surface area contributed by atoms with Crippen LogP contribution in [0.3, 0.4) is 0 Å². The van der Waals surface area contributed by atoms with Crippen molar-refractivity contribution in [1.29, 1.82) is 0 Å². The summed E-state index contributed by atoms with van der Waals surface area (Å²) in [6.07, 6.45) is 4.48. The maximum Gasteiger partial charge on any atom is 0.328 e. The number of hydrogen-bond donors (Lipinski definition) is 3. The highest BCUT2D eigenvalue weighted by Crippen LogP contribution is 2.47. The third-order valence-corrected chi connectivity index (χ3v) is 6.56. The zero-order chi connectivity index (χ0) is 24.4. The maximum atomic E-state index is 14.6. The van der Waals surface area contributed by atoms with Gasteiger partial charge in [-0.05, 0) is 71.4 Å². The van der Waals surface area contributed by atoms with Gasteiger partial charge in [-0.3, -0.25) is 0 Å². The summed E-state index contributed by atoms with van der Waals surface area (Å²) in [6, 6.07) is 19.7. The molecule has 2 aliphatic rings. The van der Waals surface area contributed by atoms with E-state index in [2.05, 4.69) is 28.0 Å². The van der Waals surface area contributed by atoms with Crippen molar-refractivity contribution in [2.75, 3.05) is 12.5 Å². The molecule has 7 heteroatoms. The van der Waals surface area contributed by atoms with Crippen molar-refractivity contribution in [1.82, 2.24) is 10.4 Å². The Bertz CT molecular complexity index is 1320. The second-order valence-electron chi connectivity index (χ2n) is 8.68. The van der Waals surface area contributed by atoms with Gasteiger partial charge in [-0.15, -0.1) is 0 Å². The van der Waals surface area contributed by atoms with Crippen LogP contribution in [0.25, 0.3) is 17.2 Å². The van der Waals surface area contributed by atoms with Gasteiger partial charge in [-0.2, -0.15) is 0 Å². The number of carboxylic acid groups (broad SMARTS) is 1. The fraction of sp³-hybridized carbons (Fsp3) is 0.214. The predicted molar refractivity (Wildman–Crippen MR) is 134 cm³/mol. The molecule has 0 spiro atoms. The first-order chi connectivity index (χ1) is 17.0. The van der Waals surface area contributed by atoms with E-state index in [0.717, 1.165) is 47.6 Å². The minimum Gasteiger partial charge on any atom is -0.481 e. The van der Waals surface area contributed by atoms with E-state index in [1.54, 1.807) is 13.2 Å².